The highest BCUT2D eigenvalue weighted by Crippen LogP contribution is 2.23. The van der Waals surface area contributed by atoms with Crippen LogP contribution in [-0.2, 0) is 19.5 Å². The fourth-order valence-corrected chi connectivity index (χ4v) is 4.42. The fourth-order valence-electron chi connectivity index (χ4n) is 3.38. The van der Waals surface area contributed by atoms with Gasteiger partial charge in [-0.25, -0.2) is 17.5 Å². The molecule has 1 N–H and O–H groups in total. The van der Waals surface area contributed by atoms with Gasteiger partial charge in [0, 0.05) is 32.3 Å². The molecule has 0 saturated carbocycles. The van der Waals surface area contributed by atoms with Crippen LogP contribution in [0.25, 0.3) is 0 Å². The van der Waals surface area contributed by atoms with Crippen LogP contribution in [0.3, 0.4) is 0 Å². The molecule has 1 fully saturated rings. The van der Waals surface area contributed by atoms with Crippen LogP contribution < -0.4 is 9.46 Å². The predicted molar refractivity (Wildman–Crippen MR) is 115 cm³/mol. The molecule has 2 aromatic carbocycles. The minimum Gasteiger partial charge on any atom is -0.491 e. The van der Waals surface area contributed by atoms with Gasteiger partial charge < -0.3 is 14.2 Å². The average Bonchev–Trinajstić information content (AvgIpc) is 2.79. The number of rotatable bonds is 11. The molecular formula is C22H29FN2O5S. The topological polar surface area (TPSA) is 77.1 Å². The third kappa shape index (κ3) is 6.98. The maximum Gasteiger partial charge on any atom is 0.240 e. The van der Waals surface area contributed by atoms with E-state index in [1.165, 1.54) is 24.3 Å². The molecule has 0 amide bonds. The van der Waals surface area contributed by atoms with Crippen molar-refractivity contribution < 1.29 is 27.0 Å². The smallest absolute Gasteiger partial charge is 0.240 e. The van der Waals surface area contributed by atoms with Crippen molar-refractivity contribution in [2.24, 2.45) is 0 Å². The Morgan fingerprint density at radius 2 is 1.74 bits per heavy atom. The summed E-state index contributed by atoms with van der Waals surface area (Å²) in [4.78, 5) is 2.30. The number of nitrogens with zero attached hydrogens (tertiary/aromatic N) is 1. The third-order valence-electron chi connectivity index (χ3n) is 5.04. The molecule has 3 rings (SSSR count). The highest BCUT2D eigenvalue weighted by atomic mass is 32.2. The van der Waals surface area contributed by atoms with Crippen molar-refractivity contribution in [3.05, 3.63) is 59.9 Å². The zero-order valence-electron chi connectivity index (χ0n) is 17.6. The number of morpholine rings is 1. The highest BCUT2D eigenvalue weighted by Gasteiger charge is 2.25. The summed E-state index contributed by atoms with van der Waals surface area (Å²) in [7, 11) is -3.72. The molecule has 0 aromatic heterocycles. The average molecular weight is 453 g/mol. The Labute approximate surface area is 183 Å². The molecule has 0 spiro atoms. The van der Waals surface area contributed by atoms with E-state index in [2.05, 4.69) is 9.62 Å². The Hall–Kier alpha value is -2.04. The molecular weight excluding hydrogens is 423 g/mol. The molecule has 170 valence electrons. The van der Waals surface area contributed by atoms with Gasteiger partial charge in [0.1, 0.15) is 18.2 Å². The van der Waals surface area contributed by atoms with Gasteiger partial charge in [0.15, 0.2) is 0 Å². The standard InChI is InChI=1S/C22H29FN2O5S/c1-2-28-15-16-30-20-7-9-21(10-8-20)31(26,27)24-17-22(25-11-13-29-14-12-25)18-3-5-19(23)6-4-18/h3-10,22,24H,2,11-17H2,1H3. The second kappa shape index (κ2) is 11.5. The van der Waals surface area contributed by atoms with Gasteiger partial charge in [-0.1, -0.05) is 12.1 Å². The van der Waals surface area contributed by atoms with Crippen LogP contribution in [0.4, 0.5) is 4.39 Å². The molecule has 9 heteroatoms. The van der Waals surface area contributed by atoms with Crippen molar-refractivity contribution in [1.29, 1.82) is 0 Å². The lowest BCUT2D eigenvalue weighted by Crippen LogP contribution is -2.43. The fraction of sp³-hybridized carbons (Fsp3) is 0.455. The molecule has 1 aliphatic heterocycles. The molecule has 0 aliphatic carbocycles. The van der Waals surface area contributed by atoms with Crippen molar-refractivity contribution >= 4 is 10.0 Å². The van der Waals surface area contributed by atoms with Crippen LogP contribution in [0, 0.1) is 5.82 Å². The number of hydrogen-bond donors (Lipinski definition) is 1. The van der Waals surface area contributed by atoms with Gasteiger partial charge in [-0.3, -0.25) is 4.90 Å². The summed E-state index contributed by atoms with van der Waals surface area (Å²) in [6, 6.07) is 12.2. The van der Waals surface area contributed by atoms with Crippen molar-refractivity contribution in [3.63, 3.8) is 0 Å². The summed E-state index contributed by atoms with van der Waals surface area (Å²) in [5, 5.41) is 0. The van der Waals surface area contributed by atoms with Crippen molar-refractivity contribution in [2.75, 3.05) is 52.7 Å². The van der Waals surface area contributed by atoms with E-state index in [1.54, 1.807) is 24.3 Å². The summed E-state index contributed by atoms with van der Waals surface area (Å²) in [5.74, 6) is 0.254. The van der Waals surface area contributed by atoms with Crippen LogP contribution >= 0.6 is 0 Å². The molecule has 0 bridgehead atoms. The Kier molecular flexibility index (Phi) is 8.79. The lowest BCUT2D eigenvalue weighted by molar-refractivity contribution is 0.0172. The molecule has 0 radical (unpaired) electrons. The molecule has 1 saturated heterocycles. The molecule has 2 aromatic rings. The highest BCUT2D eigenvalue weighted by molar-refractivity contribution is 7.89. The molecule has 1 unspecified atom stereocenters. The van der Waals surface area contributed by atoms with E-state index in [-0.39, 0.29) is 23.3 Å². The van der Waals surface area contributed by atoms with E-state index >= 15 is 0 Å². The number of hydrogen-bond acceptors (Lipinski definition) is 6. The lowest BCUT2D eigenvalue weighted by Gasteiger charge is -2.34. The Balaban J connectivity index is 1.66. The van der Waals surface area contributed by atoms with Crippen LogP contribution in [0.15, 0.2) is 53.4 Å². The van der Waals surface area contributed by atoms with E-state index in [4.69, 9.17) is 14.2 Å². The second-order valence-electron chi connectivity index (χ2n) is 7.08. The van der Waals surface area contributed by atoms with Gasteiger partial charge in [-0.2, -0.15) is 0 Å². The first-order valence-electron chi connectivity index (χ1n) is 10.4. The molecule has 1 atom stereocenters. The number of sulfonamides is 1. The predicted octanol–water partition coefficient (Wildman–Crippen LogP) is 2.59. The summed E-state index contributed by atoms with van der Waals surface area (Å²) >= 11 is 0. The van der Waals surface area contributed by atoms with Crippen LogP contribution in [-0.4, -0.2) is 66.0 Å². The van der Waals surface area contributed by atoms with E-state index in [1.807, 2.05) is 6.92 Å². The third-order valence-corrected chi connectivity index (χ3v) is 6.48. The monoisotopic (exact) mass is 452 g/mol. The van der Waals surface area contributed by atoms with Crippen molar-refractivity contribution in [1.82, 2.24) is 9.62 Å². The number of halogens is 1. The van der Waals surface area contributed by atoms with Gasteiger partial charge in [0.2, 0.25) is 10.0 Å². The lowest BCUT2D eigenvalue weighted by atomic mass is 10.0. The number of ether oxygens (including phenoxy) is 3. The summed E-state index contributed by atoms with van der Waals surface area (Å²) in [5.41, 5.74) is 0.851. The first-order valence-corrected chi connectivity index (χ1v) is 11.9. The second-order valence-corrected chi connectivity index (χ2v) is 8.85. The largest absolute Gasteiger partial charge is 0.491 e. The molecule has 7 nitrogen and oxygen atoms in total. The van der Waals surface area contributed by atoms with Crippen LogP contribution in [0.1, 0.15) is 18.5 Å². The van der Waals surface area contributed by atoms with Gasteiger partial charge in [-0.05, 0) is 48.9 Å². The zero-order chi connectivity index (χ0) is 22.1. The SMILES string of the molecule is CCOCCOc1ccc(S(=O)(=O)NCC(c2ccc(F)cc2)N2CCOCC2)cc1. The van der Waals surface area contributed by atoms with E-state index in [0.29, 0.717) is 51.9 Å². The Bertz CT molecular complexity index is 901. The van der Waals surface area contributed by atoms with Crippen LogP contribution in [0.5, 0.6) is 5.75 Å². The van der Waals surface area contributed by atoms with Crippen molar-refractivity contribution in [2.45, 2.75) is 17.9 Å². The maximum absolute atomic E-state index is 13.4. The zero-order valence-corrected chi connectivity index (χ0v) is 18.4. The quantitative estimate of drug-likeness (QED) is 0.528. The van der Waals surface area contributed by atoms with Gasteiger partial charge in [0.25, 0.3) is 0 Å². The maximum atomic E-state index is 13.4. The normalized spacial score (nSPS) is 16.2. The first kappa shape index (κ1) is 23.6. The minimum absolute atomic E-state index is 0.157. The number of nitrogens with one attached hydrogen (secondary N) is 1. The van der Waals surface area contributed by atoms with Gasteiger partial charge in [-0.15, -0.1) is 0 Å². The summed E-state index contributed by atoms with van der Waals surface area (Å²) < 4.78 is 57.9. The van der Waals surface area contributed by atoms with E-state index in [0.717, 1.165) is 5.56 Å². The number of benzene rings is 2. The molecule has 1 aliphatic rings. The van der Waals surface area contributed by atoms with Crippen molar-refractivity contribution in [3.8, 4) is 5.75 Å². The van der Waals surface area contributed by atoms with Gasteiger partial charge >= 0.3 is 0 Å². The minimum atomic E-state index is -3.72. The first-order chi connectivity index (χ1) is 15.0. The van der Waals surface area contributed by atoms with Crippen LogP contribution in [0.2, 0.25) is 0 Å². The van der Waals surface area contributed by atoms with E-state index < -0.39 is 10.0 Å². The summed E-state index contributed by atoms with van der Waals surface area (Å²) in [6.45, 7) is 6.09. The van der Waals surface area contributed by atoms with E-state index in [9.17, 15) is 12.8 Å². The van der Waals surface area contributed by atoms with Gasteiger partial charge in [0.05, 0.1) is 24.7 Å². The Morgan fingerprint density at radius 1 is 1.06 bits per heavy atom. The molecule has 31 heavy (non-hydrogen) atoms. The Morgan fingerprint density at radius 3 is 2.39 bits per heavy atom. The molecule has 1 heterocycles. The summed E-state index contributed by atoms with van der Waals surface area (Å²) in [6.07, 6.45) is 0.